The molecular formula is C14H8Cl2N2O3. The number of amides is 1. The Hall–Kier alpha value is -2.08. The van der Waals surface area contributed by atoms with Gasteiger partial charge in [-0.25, -0.2) is 10.5 Å². The number of hydroxylamine groups is 1. The van der Waals surface area contributed by atoms with Crippen LogP contribution in [0.3, 0.4) is 0 Å². The number of oxazole rings is 1. The zero-order chi connectivity index (χ0) is 15.0. The fourth-order valence-corrected chi connectivity index (χ4v) is 2.50. The first kappa shape index (κ1) is 13.9. The Labute approximate surface area is 129 Å². The summed E-state index contributed by atoms with van der Waals surface area (Å²) < 4.78 is 5.61. The van der Waals surface area contributed by atoms with Crippen molar-refractivity contribution in [3.8, 4) is 11.5 Å². The van der Waals surface area contributed by atoms with Crippen LogP contribution in [0.5, 0.6) is 0 Å². The molecule has 0 saturated heterocycles. The summed E-state index contributed by atoms with van der Waals surface area (Å²) in [6, 6.07) is 9.68. The average molecular weight is 323 g/mol. The number of nitrogens with zero attached hydrogens (tertiary/aromatic N) is 1. The second kappa shape index (κ2) is 5.37. The molecule has 3 rings (SSSR count). The summed E-state index contributed by atoms with van der Waals surface area (Å²) in [5.41, 5.74) is 3.26. The van der Waals surface area contributed by atoms with Crippen LogP contribution >= 0.6 is 23.2 Å². The molecule has 1 amide bonds. The lowest BCUT2D eigenvalue weighted by molar-refractivity contribution is 0.0706. The summed E-state index contributed by atoms with van der Waals surface area (Å²) in [6.07, 6.45) is 0. The molecular weight excluding hydrogens is 315 g/mol. The molecule has 0 aliphatic carbocycles. The Morgan fingerprint density at radius 2 is 1.90 bits per heavy atom. The van der Waals surface area contributed by atoms with Crippen LogP contribution in [0.1, 0.15) is 10.4 Å². The largest absolute Gasteiger partial charge is 0.436 e. The Morgan fingerprint density at radius 1 is 1.19 bits per heavy atom. The van der Waals surface area contributed by atoms with Crippen molar-refractivity contribution in [2.24, 2.45) is 0 Å². The molecule has 21 heavy (non-hydrogen) atoms. The van der Waals surface area contributed by atoms with Gasteiger partial charge in [0.25, 0.3) is 5.91 Å². The van der Waals surface area contributed by atoms with Crippen LogP contribution in [0.2, 0.25) is 10.0 Å². The maximum atomic E-state index is 11.4. The maximum Gasteiger partial charge on any atom is 0.274 e. The van der Waals surface area contributed by atoms with Crippen LogP contribution in [0.25, 0.3) is 22.6 Å². The Morgan fingerprint density at radius 3 is 2.57 bits per heavy atom. The second-order valence-corrected chi connectivity index (χ2v) is 5.05. The summed E-state index contributed by atoms with van der Waals surface area (Å²) in [6.45, 7) is 0. The Bertz CT molecular complexity index is 825. The van der Waals surface area contributed by atoms with Gasteiger partial charge in [-0.3, -0.25) is 10.0 Å². The van der Waals surface area contributed by atoms with Gasteiger partial charge in [0.15, 0.2) is 5.58 Å². The Kier molecular flexibility index (Phi) is 3.55. The minimum Gasteiger partial charge on any atom is -0.436 e. The molecule has 7 heteroatoms. The van der Waals surface area contributed by atoms with Crippen molar-refractivity contribution < 1.29 is 14.4 Å². The molecule has 1 heterocycles. The summed E-state index contributed by atoms with van der Waals surface area (Å²) in [4.78, 5) is 15.7. The number of aromatic nitrogens is 1. The van der Waals surface area contributed by atoms with Crippen molar-refractivity contribution in [3.05, 3.63) is 52.0 Å². The summed E-state index contributed by atoms with van der Waals surface area (Å²) >= 11 is 12.2. The molecule has 5 nitrogen and oxygen atoms in total. The zero-order valence-corrected chi connectivity index (χ0v) is 11.9. The monoisotopic (exact) mass is 322 g/mol. The first-order valence-corrected chi connectivity index (χ1v) is 6.65. The predicted molar refractivity (Wildman–Crippen MR) is 78.7 cm³/mol. The van der Waals surface area contributed by atoms with E-state index < -0.39 is 5.91 Å². The lowest BCUT2D eigenvalue weighted by atomic mass is 10.2. The SMILES string of the molecule is O=C(NO)c1ccc2oc(-c3c(Cl)cccc3Cl)nc2c1. The van der Waals surface area contributed by atoms with Crippen molar-refractivity contribution in [3.63, 3.8) is 0 Å². The van der Waals surface area contributed by atoms with Gasteiger partial charge in [0.1, 0.15) is 5.52 Å². The molecule has 0 spiro atoms. The van der Waals surface area contributed by atoms with Gasteiger partial charge < -0.3 is 4.42 Å². The number of hydrogen-bond acceptors (Lipinski definition) is 4. The highest BCUT2D eigenvalue weighted by Crippen LogP contribution is 2.35. The summed E-state index contributed by atoms with van der Waals surface area (Å²) in [7, 11) is 0. The van der Waals surface area contributed by atoms with Crippen LogP contribution in [-0.4, -0.2) is 16.1 Å². The Balaban J connectivity index is 2.15. The van der Waals surface area contributed by atoms with E-state index >= 15 is 0 Å². The zero-order valence-electron chi connectivity index (χ0n) is 10.4. The van der Waals surface area contributed by atoms with Gasteiger partial charge in [-0.1, -0.05) is 29.3 Å². The molecule has 0 aliphatic rings. The number of carbonyl (C=O) groups is 1. The third-order valence-electron chi connectivity index (χ3n) is 2.93. The van der Waals surface area contributed by atoms with Crippen molar-refractivity contribution in [1.82, 2.24) is 10.5 Å². The maximum absolute atomic E-state index is 11.4. The molecule has 106 valence electrons. The third-order valence-corrected chi connectivity index (χ3v) is 3.56. The van der Waals surface area contributed by atoms with Gasteiger partial charge in [0.05, 0.1) is 15.6 Å². The fraction of sp³-hybridized carbons (Fsp3) is 0. The van der Waals surface area contributed by atoms with Crippen molar-refractivity contribution in [2.75, 3.05) is 0 Å². The highest BCUT2D eigenvalue weighted by molar-refractivity contribution is 6.38. The number of nitrogens with one attached hydrogen (secondary N) is 1. The van der Waals surface area contributed by atoms with Gasteiger partial charge in [-0.2, -0.15) is 0 Å². The van der Waals surface area contributed by atoms with Gasteiger partial charge in [-0.05, 0) is 30.3 Å². The highest BCUT2D eigenvalue weighted by atomic mass is 35.5. The lowest BCUT2D eigenvalue weighted by Gasteiger charge is -2.01. The lowest BCUT2D eigenvalue weighted by Crippen LogP contribution is -2.18. The normalized spacial score (nSPS) is 10.8. The predicted octanol–water partition coefficient (Wildman–Crippen LogP) is 3.92. The van der Waals surface area contributed by atoms with Crippen molar-refractivity contribution in [2.45, 2.75) is 0 Å². The second-order valence-electron chi connectivity index (χ2n) is 4.24. The number of fused-ring (bicyclic) bond motifs is 1. The number of rotatable bonds is 2. The third kappa shape index (κ3) is 2.47. The van der Waals surface area contributed by atoms with Crippen LogP contribution in [0.4, 0.5) is 0 Å². The van der Waals surface area contributed by atoms with Crippen LogP contribution in [-0.2, 0) is 0 Å². The first-order chi connectivity index (χ1) is 10.1. The average Bonchev–Trinajstić information content (AvgIpc) is 2.88. The molecule has 0 atom stereocenters. The minimum atomic E-state index is -0.628. The standard InChI is InChI=1S/C14H8Cl2N2O3/c15-8-2-1-3-9(16)12(8)14-17-10-6-7(13(19)18-20)4-5-11(10)21-14/h1-6,20H,(H,18,19). The molecule has 0 radical (unpaired) electrons. The quantitative estimate of drug-likeness (QED) is 0.554. The van der Waals surface area contributed by atoms with Crippen LogP contribution in [0.15, 0.2) is 40.8 Å². The van der Waals surface area contributed by atoms with E-state index in [2.05, 4.69) is 4.98 Å². The van der Waals surface area contributed by atoms with Crippen molar-refractivity contribution >= 4 is 40.2 Å². The van der Waals surface area contributed by atoms with E-state index in [0.29, 0.717) is 26.7 Å². The van der Waals surface area contributed by atoms with Crippen LogP contribution < -0.4 is 5.48 Å². The van der Waals surface area contributed by atoms with Crippen LogP contribution in [0, 0.1) is 0 Å². The number of halogens is 2. The molecule has 2 N–H and O–H groups in total. The summed E-state index contributed by atoms with van der Waals surface area (Å²) in [5.74, 6) is -0.362. The molecule has 0 fully saturated rings. The summed E-state index contributed by atoms with van der Waals surface area (Å²) in [5, 5.41) is 9.48. The molecule has 0 bridgehead atoms. The van der Waals surface area contributed by atoms with E-state index in [0.717, 1.165) is 0 Å². The first-order valence-electron chi connectivity index (χ1n) is 5.89. The topological polar surface area (TPSA) is 75.4 Å². The van der Waals surface area contributed by atoms with Gasteiger partial charge >= 0.3 is 0 Å². The van der Waals surface area contributed by atoms with E-state index in [4.69, 9.17) is 32.8 Å². The molecule has 2 aromatic carbocycles. The van der Waals surface area contributed by atoms with E-state index in [9.17, 15) is 4.79 Å². The van der Waals surface area contributed by atoms with E-state index in [1.807, 2.05) is 0 Å². The number of hydrogen-bond donors (Lipinski definition) is 2. The smallest absolute Gasteiger partial charge is 0.274 e. The number of carbonyl (C=O) groups excluding carboxylic acids is 1. The number of benzene rings is 2. The molecule has 3 aromatic rings. The molecule has 0 saturated carbocycles. The minimum absolute atomic E-state index is 0.259. The van der Waals surface area contributed by atoms with Gasteiger partial charge in [-0.15, -0.1) is 0 Å². The molecule has 0 unspecified atom stereocenters. The van der Waals surface area contributed by atoms with E-state index in [-0.39, 0.29) is 11.5 Å². The van der Waals surface area contributed by atoms with E-state index in [1.165, 1.54) is 12.1 Å². The fourth-order valence-electron chi connectivity index (χ4n) is 1.94. The van der Waals surface area contributed by atoms with Gasteiger partial charge in [0.2, 0.25) is 5.89 Å². The van der Waals surface area contributed by atoms with Gasteiger partial charge in [0, 0.05) is 5.56 Å². The van der Waals surface area contributed by atoms with E-state index in [1.54, 1.807) is 29.7 Å². The molecule has 1 aromatic heterocycles. The van der Waals surface area contributed by atoms with Crippen molar-refractivity contribution in [1.29, 1.82) is 0 Å². The highest BCUT2D eigenvalue weighted by Gasteiger charge is 2.16. The molecule has 0 aliphatic heterocycles.